The van der Waals surface area contributed by atoms with Gasteiger partial charge in [-0.2, -0.15) is 4.98 Å². The first-order chi connectivity index (χ1) is 29.6. The molecule has 4 aromatic carbocycles. The lowest BCUT2D eigenvalue weighted by Gasteiger charge is -2.44. The van der Waals surface area contributed by atoms with Gasteiger partial charge in [0, 0.05) is 18.8 Å². The largest absolute Gasteiger partial charge is 0.497 e. The van der Waals surface area contributed by atoms with Crippen LogP contribution in [0, 0.1) is 0 Å². The summed E-state index contributed by atoms with van der Waals surface area (Å²) in [6.07, 6.45) is -1.40. The second-order valence-corrected chi connectivity index (χ2v) is 28.8. The minimum absolute atomic E-state index is 0.0503. The molecule has 2 heterocycles. The van der Waals surface area contributed by atoms with E-state index in [1.54, 1.807) is 57.8 Å². The standard InChI is InChI=1S/C50H65N3O8Si2/c1-48(2,3)62(10,11)60-43-41(34-58-50(36-22-18-15-19-23-36,37-24-28-39(56-8)29-25-37)38-26-30-40(57-9)31-27-38)59-46(44(43)61-63(12,13)49(4,5)6)53-33-32-42(51-47(53)55)52(7)45(54)35-20-16-14-17-21-35/h14-33,41,43-44,46H,34H2,1-13H3/t41-,43-,44-,46-/m1/s1. The Morgan fingerprint density at radius 1 is 0.683 bits per heavy atom. The lowest BCUT2D eigenvalue weighted by molar-refractivity contribution is -0.0945. The molecule has 0 radical (unpaired) electrons. The minimum Gasteiger partial charge on any atom is -0.497 e. The fraction of sp³-hybridized carbons (Fsp3) is 0.420. The average Bonchev–Trinajstić information content (AvgIpc) is 3.57. The van der Waals surface area contributed by atoms with Crippen LogP contribution in [0.1, 0.15) is 74.8 Å². The summed E-state index contributed by atoms with van der Waals surface area (Å²) < 4.78 is 42.1. The van der Waals surface area contributed by atoms with Gasteiger partial charge in [-0.25, -0.2) is 4.79 Å². The Morgan fingerprint density at radius 3 is 1.60 bits per heavy atom. The zero-order valence-corrected chi connectivity index (χ0v) is 41.2. The number of carbonyl (C=O) groups excluding carboxylic acids is 1. The fourth-order valence-corrected chi connectivity index (χ4v) is 9.92. The molecule has 0 spiro atoms. The van der Waals surface area contributed by atoms with Crippen LogP contribution in [0.3, 0.4) is 0 Å². The SMILES string of the molecule is COc1ccc(C(OC[C@H]2O[C@@H](n3ccc(N(C)C(=O)c4ccccc4)nc3=O)[C@H](O[Si](C)(C)C(C)(C)C)[C@@H]2O[Si](C)(C)C(C)(C)C)(c2ccccc2)c2ccc(OC)cc2)cc1. The van der Waals surface area contributed by atoms with Crippen molar-refractivity contribution in [2.24, 2.45) is 0 Å². The molecule has 0 saturated carbocycles. The topological polar surface area (TPSA) is 111 Å². The van der Waals surface area contributed by atoms with E-state index in [1.165, 1.54) is 9.47 Å². The van der Waals surface area contributed by atoms with E-state index in [2.05, 4.69) is 84.8 Å². The van der Waals surface area contributed by atoms with Crippen molar-refractivity contribution in [3.8, 4) is 11.5 Å². The second kappa shape index (κ2) is 18.7. The number of aromatic nitrogens is 2. The molecule has 13 heteroatoms. The summed E-state index contributed by atoms with van der Waals surface area (Å²) >= 11 is 0. The summed E-state index contributed by atoms with van der Waals surface area (Å²) in [5, 5.41) is -0.361. The molecule has 6 rings (SSSR count). The third-order valence-electron chi connectivity index (χ3n) is 13.2. The highest BCUT2D eigenvalue weighted by molar-refractivity contribution is 6.74. The maximum Gasteiger partial charge on any atom is 0.351 e. The molecule has 4 atom stereocenters. The number of hydrogen-bond donors (Lipinski definition) is 0. The van der Waals surface area contributed by atoms with E-state index in [0.29, 0.717) is 17.1 Å². The molecule has 0 unspecified atom stereocenters. The van der Waals surface area contributed by atoms with Gasteiger partial charge in [0.25, 0.3) is 5.91 Å². The Morgan fingerprint density at radius 2 is 1.14 bits per heavy atom. The number of amides is 1. The molecule has 336 valence electrons. The van der Waals surface area contributed by atoms with E-state index in [1.807, 2.05) is 72.8 Å². The van der Waals surface area contributed by atoms with Gasteiger partial charge in [0.1, 0.15) is 41.2 Å². The van der Waals surface area contributed by atoms with E-state index in [4.69, 9.17) is 27.8 Å². The summed E-state index contributed by atoms with van der Waals surface area (Å²) in [6.45, 7) is 22.0. The van der Waals surface area contributed by atoms with Crippen LogP contribution in [-0.2, 0) is 23.9 Å². The van der Waals surface area contributed by atoms with Crippen LogP contribution in [0.5, 0.6) is 11.5 Å². The zero-order chi connectivity index (χ0) is 46.0. The number of carbonyl (C=O) groups is 1. The lowest BCUT2D eigenvalue weighted by Crippen LogP contribution is -2.54. The third-order valence-corrected chi connectivity index (χ3v) is 22.1. The van der Waals surface area contributed by atoms with E-state index in [-0.39, 0.29) is 28.4 Å². The van der Waals surface area contributed by atoms with Gasteiger partial charge in [0.15, 0.2) is 22.9 Å². The van der Waals surface area contributed by atoms with Gasteiger partial charge in [-0.3, -0.25) is 14.3 Å². The number of rotatable bonds is 15. The number of hydrogen-bond acceptors (Lipinski definition) is 9. The number of methoxy groups -OCH3 is 2. The average molecular weight is 892 g/mol. The molecule has 0 bridgehead atoms. The van der Waals surface area contributed by atoms with Crippen molar-refractivity contribution in [3.05, 3.63) is 154 Å². The molecule has 5 aromatic rings. The van der Waals surface area contributed by atoms with Crippen LogP contribution in [-0.4, -0.2) is 78.3 Å². The predicted octanol–water partition coefficient (Wildman–Crippen LogP) is 10.2. The van der Waals surface area contributed by atoms with Crippen LogP contribution in [0.4, 0.5) is 5.82 Å². The normalized spacial score (nSPS) is 18.6. The molecule has 11 nitrogen and oxygen atoms in total. The van der Waals surface area contributed by atoms with Gasteiger partial charge < -0.3 is 27.8 Å². The van der Waals surface area contributed by atoms with Crippen molar-refractivity contribution in [2.45, 2.75) is 108 Å². The van der Waals surface area contributed by atoms with Crippen molar-refractivity contribution in [3.63, 3.8) is 0 Å². The summed E-state index contributed by atoms with van der Waals surface area (Å²) in [5.74, 6) is 1.36. The first-order valence-corrected chi connectivity index (χ1v) is 27.4. The molecule has 1 saturated heterocycles. The van der Waals surface area contributed by atoms with Crippen molar-refractivity contribution in [2.75, 3.05) is 32.8 Å². The van der Waals surface area contributed by atoms with Gasteiger partial charge in [-0.1, -0.05) is 114 Å². The molecule has 0 N–H and O–H groups in total. The maximum absolute atomic E-state index is 14.3. The Hall–Kier alpha value is -4.90. The Bertz CT molecular complexity index is 2310. The van der Waals surface area contributed by atoms with Gasteiger partial charge in [0.2, 0.25) is 0 Å². The van der Waals surface area contributed by atoms with Crippen LogP contribution in [0.15, 0.2) is 126 Å². The molecule has 0 aliphatic carbocycles. The summed E-state index contributed by atoms with van der Waals surface area (Å²) in [4.78, 5) is 33.6. The number of anilines is 1. The van der Waals surface area contributed by atoms with Crippen LogP contribution < -0.4 is 20.1 Å². The van der Waals surface area contributed by atoms with Crippen LogP contribution >= 0.6 is 0 Å². The summed E-state index contributed by atoms with van der Waals surface area (Å²) in [6, 6.07) is 36.5. The van der Waals surface area contributed by atoms with Crippen LogP contribution in [0.2, 0.25) is 36.3 Å². The second-order valence-electron chi connectivity index (χ2n) is 19.3. The van der Waals surface area contributed by atoms with Gasteiger partial charge in [-0.05, 0) is 95.4 Å². The van der Waals surface area contributed by atoms with E-state index in [0.717, 1.165) is 16.7 Å². The number of ether oxygens (including phenoxy) is 4. The molecule has 1 aliphatic heterocycles. The summed E-state index contributed by atoms with van der Waals surface area (Å²) in [7, 11) is -0.215. The Labute approximate surface area is 375 Å². The molecule has 1 aliphatic rings. The highest BCUT2D eigenvalue weighted by atomic mass is 28.4. The quantitative estimate of drug-likeness (QED) is 0.0749. The van der Waals surface area contributed by atoms with Crippen molar-refractivity contribution in [1.29, 1.82) is 0 Å². The van der Waals surface area contributed by atoms with Crippen molar-refractivity contribution < 1.29 is 32.6 Å². The van der Waals surface area contributed by atoms with Crippen LogP contribution in [0.25, 0.3) is 0 Å². The monoisotopic (exact) mass is 891 g/mol. The van der Waals surface area contributed by atoms with Gasteiger partial charge >= 0.3 is 5.69 Å². The first kappa shape index (κ1) is 47.6. The third kappa shape index (κ3) is 9.94. The fourth-order valence-electron chi connectivity index (χ4n) is 7.31. The van der Waals surface area contributed by atoms with Crippen molar-refractivity contribution in [1.82, 2.24) is 9.55 Å². The number of nitrogens with zero attached hydrogens (tertiary/aromatic N) is 3. The highest BCUT2D eigenvalue weighted by Crippen LogP contribution is 2.47. The lowest BCUT2D eigenvalue weighted by atomic mass is 9.80. The van der Waals surface area contributed by atoms with Crippen molar-refractivity contribution >= 4 is 28.4 Å². The first-order valence-electron chi connectivity index (χ1n) is 21.6. The minimum atomic E-state index is -2.57. The van der Waals surface area contributed by atoms with E-state index >= 15 is 0 Å². The smallest absolute Gasteiger partial charge is 0.351 e. The van der Waals surface area contributed by atoms with Gasteiger partial charge in [-0.15, -0.1) is 0 Å². The number of benzene rings is 4. The highest BCUT2D eigenvalue weighted by Gasteiger charge is 2.55. The molecular weight excluding hydrogens is 827 g/mol. The Kier molecular flexibility index (Phi) is 14.1. The molecular formula is C50H65N3O8Si2. The summed E-state index contributed by atoms with van der Waals surface area (Å²) in [5.41, 5.74) is 1.39. The molecule has 1 fully saturated rings. The maximum atomic E-state index is 14.3. The zero-order valence-electron chi connectivity index (χ0n) is 39.2. The van der Waals surface area contributed by atoms with E-state index in [9.17, 15) is 9.59 Å². The van der Waals surface area contributed by atoms with E-state index < -0.39 is 52.5 Å². The van der Waals surface area contributed by atoms with Gasteiger partial charge in [0.05, 0.1) is 20.8 Å². The Balaban J connectivity index is 1.50. The predicted molar refractivity (Wildman–Crippen MR) is 254 cm³/mol. The molecule has 1 aromatic heterocycles. The molecule has 63 heavy (non-hydrogen) atoms. The molecule has 1 amide bonds.